The number of rotatable bonds is 2. The van der Waals surface area contributed by atoms with Crippen LogP contribution in [0.1, 0.15) is 38.5 Å². The van der Waals surface area contributed by atoms with Crippen LogP contribution in [-0.2, 0) is 9.53 Å². The Morgan fingerprint density at radius 2 is 1.95 bits per heavy atom. The summed E-state index contributed by atoms with van der Waals surface area (Å²) in [7, 11) is 1.30. The second kappa shape index (κ2) is 6.23. The van der Waals surface area contributed by atoms with E-state index in [0.717, 1.165) is 25.7 Å². The predicted octanol–water partition coefficient (Wildman–Crippen LogP) is 0.637. The number of methoxy groups -OCH3 is 1. The lowest BCUT2D eigenvalue weighted by Gasteiger charge is -2.28. The molecule has 2 aliphatic rings. The van der Waals surface area contributed by atoms with Gasteiger partial charge in [-0.2, -0.15) is 0 Å². The molecule has 2 fully saturated rings. The van der Waals surface area contributed by atoms with Crippen molar-refractivity contribution in [2.75, 3.05) is 13.7 Å². The molecule has 0 aromatic rings. The Kier molecular flexibility index (Phi) is 4.63. The summed E-state index contributed by atoms with van der Waals surface area (Å²) in [5, 5.41) is 12.6. The zero-order valence-corrected chi connectivity index (χ0v) is 11.3. The van der Waals surface area contributed by atoms with E-state index in [9.17, 15) is 14.7 Å². The predicted molar refractivity (Wildman–Crippen MR) is 68.5 cm³/mol. The highest BCUT2D eigenvalue weighted by atomic mass is 16.5. The Balaban J connectivity index is 1.94. The number of carbonyl (C=O) groups is 2. The molecule has 6 heteroatoms. The molecule has 0 bridgehead atoms. The summed E-state index contributed by atoms with van der Waals surface area (Å²) in [5.74, 6) is -0.463. The van der Waals surface area contributed by atoms with Crippen molar-refractivity contribution in [3.05, 3.63) is 0 Å². The maximum atomic E-state index is 12.2. The summed E-state index contributed by atoms with van der Waals surface area (Å²) in [6.45, 7) is 0.193. The molecule has 1 aliphatic heterocycles. The van der Waals surface area contributed by atoms with Crippen LogP contribution in [0, 0.1) is 0 Å². The fourth-order valence-electron chi connectivity index (χ4n) is 2.90. The maximum Gasteiger partial charge on any atom is 0.328 e. The number of ether oxygens (including phenoxy) is 1. The summed E-state index contributed by atoms with van der Waals surface area (Å²) < 4.78 is 4.68. The third kappa shape index (κ3) is 3.37. The van der Waals surface area contributed by atoms with Crippen LogP contribution in [0.4, 0.5) is 4.79 Å². The minimum Gasteiger partial charge on any atom is -0.467 e. The highest BCUT2D eigenvalue weighted by Crippen LogP contribution is 2.21. The first kappa shape index (κ1) is 14.1. The molecule has 2 N–H and O–H groups in total. The van der Waals surface area contributed by atoms with Crippen molar-refractivity contribution >= 4 is 12.0 Å². The molecule has 108 valence electrons. The van der Waals surface area contributed by atoms with Crippen LogP contribution >= 0.6 is 0 Å². The van der Waals surface area contributed by atoms with E-state index in [-0.39, 0.29) is 25.0 Å². The zero-order chi connectivity index (χ0) is 13.8. The number of urea groups is 1. The lowest BCUT2D eigenvalue weighted by molar-refractivity contribution is -0.145. The highest BCUT2D eigenvalue weighted by molar-refractivity contribution is 5.84. The van der Waals surface area contributed by atoms with Gasteiger partial charge in [-0.3, -0.25) is 0 Å². The average molecular weight is 270 g/mol. The first-order chi connectivity index (χ1) is 9.11. The average Bonchev–Trinajstić information content (AvgIpc) is 2.81. The third-order valence-electron chi connectivity index (χ3n) is 3.95. The van der Waals surface area contributed by atoms with Crippen LogP contribution in [0.3, 0.4) is 0 Å². The molecule has 2 rings (SSSR count). The van der Waals surface area contributed by atoms with Gasteiger partial charge >= 0.3 is 12.0 Å². The Morgan fingerprint density at radius 1 is 1.26 bits per heavy atom. The van der Waals surface area contributed by atoms with Crippen molar-refractivity contribution in [2.45, 2.75) is 56.7 Å². The van der Waals surface area contributed by atoms with Crippen molar-refractivity contribution in [1.82, 2.24) is 10.2 Å². The van der Waals surface area contributed by atoms with Crippen LogP contribution < -0.4 is 5.32 Å². The van der Waals surface area contributed by atoms with Crippen molar-refractivity contribution in [3.8, 4) is 0 Å². The van der Waals surface area contributed by atoms with Gasteiger partial charge in [0.15, 0.2) is 0 Å². The van der Waals surface area contributed by atoms with Crippen LogP contribution in [0.2, 0.25) is 0 Å². The molecule has 0 unspecified atom stereocenters. The molecular weight excluding hydrogens is 248 g/mol. The van der Waals surface area contributed by atoms with E-state index in [1.807, 2.05) is 0 Å². The lowest BCUT2D eigenvalue weighted by Crippen LogP contribution is -2.49. The second-order valence-corrected chi connectivity index (χ2v) is 5.37. The van der Waals surface area contributed by atoms with Crippen molar-refractivity contribution < 1.29 is 19.4 Å². The van der Waals surface area contributed by atoms with E-state index in [1.165, 1.54) is 18.4 Å². The van der Waals surface area contributed by atoms with Gasteiger partial charge in [0.05, 0.1) is 13.2 Å². The monoisotopic (exact) mass is 270 g/mol. The molecule has 1 saturated heterocycles. The number of nitrogens with zero attached hydrogens (tertiary/aromatic N) is 1. The molecule has 0 spiro atoms. The van der Waals surface area contributed by atoms with Crippen LogP contribution in [-0.4, -0.2) is 53.8 Å². The molecule has 19 heavy (non-hydrogen) atoms. The Labute approximate surface area is 113 Å². The minimum absolute atomic E-state index is 0.192. The number of aliphatic hydroxyl groups excluding tert-OH is 1. The fourth-order valence-corrected chi connectivity index (χ4v) is 2.90. The van der Waals surface area contributed by atoms with Gasteiger partial charge in [0.1, 0.15) is 6.04 Å². The van der Waals surface area contributed by atoms with E-state index in [4.69, 9.17) is 0 Å². The molecule has 0 aromatic carbocycles. The zero-order valence-electron chi connectivity index (χ0n) is 11.3. The van der Waals surface area contributed by atoms with E-state index in [1.54, 1.807) is 0 Å². The van der Waals surface area contributed by atoms with E-state index in [2.05, 4.69) is 10.1 Å². The number of amides is 2. The smallest absolute Gasteiger partial charge is 0.328 e. The van der Waals surface area contributed by atoms with Gasteiger partial charge < -0.3 is 20.1 Å². The number of esters is 1. The third-order valence-corrected chi connectivity index (χ3v) is 3.95. The number of aliphatic hydroxyl groups is 1. The van der Waals surface area contributed by atoms with Gasteiger partial charge in [0.2, 0.25) is 0 Å². The number of β-amino-alcohol motifs (C(OH)–C–C–N with tert-alkyl or cyclic N) is 1. The summed E-state index contributed by atoms with van der Waals surface area (Å²) in [4.78, 5) is 25.2. The summed E-state index contributed by atoms with van der Waals surface area (Å²) in [6, 6.07) is -0.736. The molecular formula is C13H22N2O4. The van der Waals surface area contributed by atoms with E-state index in [0.29, 0.717) is 0 Å². The number of likely N-dealkylation sites (tertiary alicyclic amines) is 1. The molecule has 0 radical (unpaired) electrons. The SMILES string of the molecule is COC(=O)[C@@H]1C[C@@H](O)CN1C(=O)NC1CCCCC1. The molecule has 1 saturated carbocycles. The van der Waals surface area contributed by atoms with E-state index < -0.39 is 18.1 Å². The summed E-state index contributed by atoms with van der Waals surface area (Å²) >= 11 is 0. The Bertz CT molecular complexity index is 342. The fraction of sp³-hybridized carbons (Fsp3) is 0.846. The first-order valence-corrected chi connectivity index (χ1v) is 6.95. The normalized spacial score (nSPS) is 28.2. The molecule has 2 amide bonds. The van der Waals surface area contributed by atoms with Gasteiger partial charge in [-0.05, 0) is 12.8 Å². The van der Waals surface area contributed by atoms with Crippen molar-refractivity contribution in [3.63, 3.8) is 0 Å². The highest BCUT2D eigenvalue weighted by Gasteiger charge is 2.40. The van der Waals surface area contributed by atoms with Gasteiger partial charge in [0, 0.05) is 19.0 Å². The number of nitrogens with one attached hydrogen (secondary N) is 1. The van der Waals surface area contributed by atoms with Gasteiger partial charge in [0.25, 0.3) is 0 Å². The molecule has 6 nitrogen and oxygen atoms in total. The van der Waals surface area contributed by atoms with Gasteiger partial charge in [-0.15, -0.1) is 0 Å². The molecule has 1 aliphatic carbocycles. The molecule has 1 heterocycles. The second-order valence-electron chi connectivity index (χ2n) is 5.37. The number of hydrogen-bond donors (Lipinski definition) is 2. The van der Waals surface area contributed by atoms with Crippen molar-refractivity contribution in [1.29, 1.82) is 0 Å². The quantitative estimate of drug-likeness (QED) is 0.722. The van der Waals surface area contributed by atoms with Gasteiger partial charge in [-0.25, -0.2) is 9.59 Å². The standard InChI is InChI=1S/C13H22N2O4/c1-19-12(17)11-7-10(16)8-15(11)13(18)14-9-5-3-2-4-6-9/h9-11,16H,2-8H2,1H3,(H,14,18)/t10-,11+/m1/s1. The van der Waals surface area contributed by atoms with Crippen LogP contribution in [0.15, 0.2) is 0 Å². The number of hydrogen-bond acceptors (Lipinski definition) is 4. The topological polar surface area (TPSA) is 78.9 Å². The van der Waals surface area contributed by atoms with Crippen LogP contribution in [0.25, 0.3) is 0 Å². The minimum atomic E-state index is -0.663. The van der Waals surface area contributed by atoms with E-state index >= 15 is 0 Å². The number of carbonyl (C=O) groups excluding carboxylic acids is 2. The lowest BCUT2D eigenvalue weighted by atomic mass is 9.96. The maximum absolute atomic E-state index is 12.2. The van der Waals surface area contributed by atoms with Gasteiger partial charge in [-0.1, -0.05) is 19.3 Å². The molecule has 0 aromatic heterocycles. The Hall–Kier alpha value is -1.30. The summed E-state index contributed by atoms with van der Waals surface area (Å²) in [6.07, 6.45) is 5.07. The largest absolute Gasteiger partial charge is 0.467 e. The molecule has 2 atom stereocenters. The summed E-state index contributed by atoms with van der Waals surface area (Å²) in [5.41, 5.74) is 0. The van der Waals surface area contributed by atoms with Crippen molar-refractivity contribution in [2.24, 2.45) is 0 Å². The van der Waals surface area contributed by atoms with Crippen LogP contribution in [0.5, 0.6) is 0 Å². The Morgan fingerprint density at radius 3 is 2.58 bits per heavy atom. The first-order valence-electron chi connectivity index (χ1n) is 6.95.